The molecular weight excluding hydrogens is 428 g/mol. The molecule has 0 unspecified atom stereocenters. The number of pyridine rings is 1. The topological polar surface area (TPSA) is 107 Å². The van der Waals surface area contributed by atoms with Crippen molar-refractivity contribution in [2.24, 2.45) is 0 Å². The Hall–Kier alpha value is -3.46. The van der Waals surface area contributed by atoms with Gasteiger partial charge in [-0.05, 0) is 31.5 Å². The maximum atomic E-state index is 13.2. The van der Waals surface area contributed by atoms with E-state index in [1.807, 2.05) is 37.3 Å². The smallest absolute Gasteiger partial charge is 0.252 e. The highest BCUT2D eigenvalue weighted by Gasteiger charge is 2.32. The highest BCUT2D eigenvalue weighted by molar-refractivity contribution is 7.91. The summed E-state index contributed by atoms with van der Waals surface area (Å²) in [5, 5.41) is 8.14. The number of carbonyl (C=O) groups is 1. The largest absolute Gasteiger partial charge is 0.467 e. The van der Waals surface area contributed by atoms with Crippen molar-refractivity contribution in [1.29, 1.82) is 0 Å². The first kappa shape index (κ1) is 20.4. The van der Waals surface area contributed by atoms with Crippen LogP contribution in [0.25, 0.3) is 22.3 Å². The lowest BCUT2D eigenvalue weighted by molar-refractivity contribution is 0.0949. The van der Waals surface area contributed by atoms with Crippen LogP contribution in [0.1, 0.15) is 34.3 Å². The van der Waals surface area contributed by atoms with Gasteiger partial charge in [0, 0.05) is 5.56 Å². The van der Waals surface area contributed by atoms with E-state index >= 15 is 0 Å². The fourth-order valence-corrected chi connectivity index (χ4v) is 5.84. The van der Waals surface area contributed by atoms with Gasteiger partial charge in [-0.1, -0.05) is 30.3 Å². The van der Waals surface area contributed by atoms with E-state index in [0.29, 0.717) is 40.2 Å². The van der Waals surface area contributed by atoms with Crippen LogP contribution in [-0.4, -0.2) is 40.6 Å². The molecule has 0 spiro atoms. The fraction of sp³-hybridized carbons (Fsp3) is 0.261. The molecule has 9 heteroatoms. The molecule has 32 heavy (non-hydrogen) atoms. The number of aromatic nitrogens is 3. The van der Waals surface area contributed by atoms with Crippen molar-refractivity contribution in [2.75, 3.05) is 11.5 Å². The standard InChI is InChI=1S/C23H22N4O4S/c1-15-21-19(23(28)24-13-18-8-5-10-31-18)12-20(16-6-3-2-4-7-16)25-22(21)27(26-15)17-9-11-32(29,30)14-17/h2-8,10,12,17H,9,11,13-14H2,1H3,(H,24,28)/t17-/m0/s1. The molecule has 1 aliphatic heterocycles. The van der Waals surface area contributed by atoms with Crippen LogP contribution in [0.4, 0.5) is 0 Å². The first-order valence-corrected chi connectivity index (χ1v) is 12.2. The summed E-state index contributed by atoms with van der Waals surface area (Å²) in [5.74, 6) is 0.538. The number of fused-ring (bicyclic) bond motifs is 1. The van der Waals surface area contributed by atoms with E-state index < -0.39 is 9.84 Å². The number of carbonyl (C=O) groups excluding carboxylic acids is 1. The Labute approximate surface area is 185 Å². The van der Waals surface area contributed by atoms with Crippen LogP contribution < -0.4 is 5.32 Å². The molecule has 1 N–H and O–H groups in total. The summed E-state index contributed by atoms with van der Waals surface area (Å²) in [5.41, 5.74) is 3.10. The number of nitrogens with zero attached hydrogens (tertiary/aromatic N) is 3. The van der Waals surface area contributed by atoms with Gasteiger partial charge in [-0.3, -0.25) is 4.79 Å². The molecule has 4 heterocycles. The Balaban J connectivity index is 1.63. The van der Waals surface area contributed by atoms with Crippen LogP contribution in [-0.2, 0) is 16.4 Å². The maximum Gasteiger partial charge on any atom is 0.252 e. The molecule has 3 aromatic heterocycles. The second kappa shape index (κ2) is 7.90. The Kier molecular flexibility index (Phi) is 5.05. The van der Waals surface area contributed by atoms with Gasteiger partial charge in [0.15, 0.2) is 15.5 Å². The van der Waals surface area contributed by atoms with E-state index in [0.717, 1.165) is 5.56 Å². The first-order valence-electron chi connectivity index (χ1n) is 10.4. The summed E-state index contributed by atoms with van der Waals surface area (Å²) in [6.07, 6.45) is 2.04. The highest BCUT2D eigenvalue weighted by Crippen LogP contribution is 2.32. The van der Waals surface area contributed by atoms with E-state index in [4.69, 9.17) is 9.40 Å². The van der Waals surface area contributed by atoms with Gasteiger partial charge < -0.3 is 9.73 Å². The Morgan fingerprint density at radius 2 is 2.03 bits per heavy atom. The fourth-order valence-electron chi connectivity index (χ4n) is 4.15. The minimum atomic E-state index is -3.10. The molecule has 1 amide bonds. The monoisotopic (exact) mass is 450 g/mol. The molecule has 1 aromatic carbocycles. The van der Waals surface area contributed by atoms with Gasteiger partial charge in [-0.15, -0.1) is 0 Å². The van der Waals surface area contributed by atoms with Crippen molar-refractivity contribution in [2.45, 2.75) is 25.9 Å². The zero-order valence-corrected chi connectivity index (χ0v) is 18.3. The van der Waals surface area contributed by atoms with Gasteiger partial charge >= 0.3 is 0 Å². The van der Waals surface area contributed by atoms with Crippen molar-refractivity contribution in [1.82, 2.24) is 20.1 Å². The van der Waals surface area contributed by atoms with E-state index in [9.17, 15) is 13.2 Å². The molecule has 0 saturated carbocycles. The van der Waals surface area contributed by atoms with Gasteiger partial charge in [0.25, 0.3) is 5.91 Å². The van der Waals surface area contributed by atoms with E-state index in [2.05, 4.69) is 10.4 Å². The average Bonchev–Trinajstić information content (AvgIpc) is 3.51. The number of amides is 1. The van der Waals surface area contributed by atoms with Crippen molar-refractivity contribution in [3.05, 3.63) is 71.8 Å². The molecule has 0 bridgehead atoms. The van der Waals surface area contributed by atoms with E-state index in [1.165, 1.54) is 0 Å². The number of hydrogen-bond acceptors (Lipinski definition) is 6. The molecule has 0 aliphatic carbocycles. The highest BCUT2D eigenvalue weighted by atomic mass is 32.2. The zero-order valence-electron chi connectivity index (χ0n) is 17.5. The first-order chi connectivity index (χ1) is 15.4. The summed E-state index contributed by atoms with van der Waals surface area (Å²) < 4.78 is 31.2. The van der Waals surface area contributed by atoms with Crippen LogP contribution in [0.5, 0.6) is 0 Å². The minimum Gasteiger partial charge on any atom is -0.467 e. The lowest BCUT2D eigenvalue weighted by atomic mass is 10.0. The molecular formula is C23H22N4O4S. The third-order valence-electron chi connectivity index (χ3n) is 5.71. The predicted molar refractivity (Wildman–Crippen MR) is 120 cm³/mol. The summed E-state index contributed by atoms with van der Waals surface area (Å²) >= 11 is 0. The molecule has 0 radical (unpaired) electrons. The van der Waals surface area contributed by atoms with Crippen molar-refractivity contribution < 1.29 is 17.6 Å². The average molecular weight is 451 g/mol. The van der Waals surface area contributed by atoms with Crippen molar-refractivity contribution in [3.63, 3.8) is 0 Å². The van der Waals surface area contributed by atoms with E-state index in [1.54, 1.807) is 29.1 Å². The number of furan rings is 1. The summed E-state index contributed by atoms with van der Waals surface area (Å²) in [4.78, 5) is 18.0. The molecule has 1 saturated heterocycles. The predicted octanol–water partition coefficient (Wildman–Crippen LogP) is 3.29. The number of rotatable bonds is 5. The summed E-state index contributed by atoms with van der Waals surface area (Å²) in [7, 11) is -3.10. The second-order valence-corrected chi connectivity index (χ2v) is 10.2. The third kappa shape index (κ3) is 3.80. The quantitative estimate of drug-likeness (QED) is 0.500. The van der Waals surface area contributed by atoms with Crippen LogP contribution in [0.2, 0.25) is 0 Å². The minimum absolute atomic E-state index is 0.0283. The molecule has 164 valence electrons. The van der Waals surface area contributed by atoms with Gasteiger partial charge in [-0.2, -0.15) is 5.10 Å². The number of aryl methyl sites for hydroxylation is 1. The Morgan fingerprint density at radius 1 is 1.22 bits per heavy atom. The maximum absolute atomic E-state index is 13.2. The summed E-state index contributed by atoms with van der Waals surface area (Å²) in [6.45, 7) is 2.07. The molecule has 1 fully saturated rings. The normalized spacial score (nSPS) is 17.6. The lowest BCUT2D eigenvalue weighted by Crippen LogP contribution is -2.23. The number of nitrogens with one attached hydrogen (secondary N) is 1. The number of benzene rings is 1. The molecule has 1 aliphatic rings. The van der Waals surface area contributed by atoms with Crippen LogP contribution in [0.15, 0.2) is 59.2 Å². The van der Waals surface area contributed by atoms with Gasteiger partial charge in [-0.25, -0.2) is 18.1 Å². The van der Waals surface area contributed by atoms with Crippen LogP contribution >= 0.6 is 0 Å². The van der Waals surface area contributed by atoms with Gasteiger partial charge in [0.1, 0.15) is 5.76 Å². The molecule has 5 rings (SSSR count). The lowest BCUT2D eigenvalue weighted by Gasteiger charge is -2.12. The second-order valence-electron chi connectivity index (χ2n) is 7.97. The zero-order chi connectivity index (χ0) is 22.3. The SMILES string of the molecule is Cc1nn([C@H]2CCS(=O)(=O)C2)c2nc(-c3ccccc3)cc(C(=O)NCc3ccco3)c12. The Morgan fingerprint density at radius 3 is 2.72 bits per heavy atom. The van der Waals surface area contributed by atoms with Crippen molar-refractivity contribution in [3.8, 4) is 11.3 Å². The van der Waals surface area contributed by atoms with E-state index in [-0.39, 0.29) is 30.0 Å². The molecule has 1 atom stereocenters. The molecule has 4 aromatic rings. The van der Waals surface area contributed by atoms with Crippen LogP contribution in [0.3, 0.4) is 0 Å². The number of sulfone groups is 1. The third-order valence-corrected chi connectivity index (χ3v) is 7.46. The Bertz CT molecular complexity index is 1390. The number of hydrogen-bond donors (Lipinski definition) is 1. The van der Waals surface area contributed by atoms with Gasteiger partial charge in [0.05, 0.1) is 52.7 Å². The van der Waals surface area contributed by atoms with Gasteiger partial charge in [0.2, 0.25) is 0 Å². The van der Waals surface area contributed by atoms with Crippen molar-refractivity contribution >= 4 is 26.8 Å². The van der Waals surface area contributed by atoms with Crippen LogP contribution in [0, 0.1) is 6.92 Å². The summed E-state index contributed by atoms with van der Waals surface area (Å²) in [6, 6.07) is 14.6. The molecule has 8 nitrogen and oxygen atoms in total.